The minimum Gasteiger partial charge on any atom is -0.382 e. The average molecular weight is 208 g/mol. The number of hydrogen-bond donors (Lipinski definition) is 2. The summed E-state index contributed by atoms with van der Waals surface area (Å²) in [6.07, 6.45) is 5.13. The first-order valence-corrected chi connectivity index (χ1v) is 5.54. The van der Waals surface area contributed by atoms with E-state index in [-0.39, 0.29) is 0 Å². The molecule has 2 nitrogen and oxygen atoms in total. The summed E-state index contributed by atoms with van der Waals surface area (Å²) in [6.45, 7) is 14.6. The lowest BCUT2D eigenvalue weighted by Gasteiger charge is -2.18. The Balaban J connectivity index is 3.97. The van der Waals surface area contributed by atoms with E-state index in [4.69, 9.17) is 0 Å². The predicted octanol–water partition coefficient (Wildman–Crippen LogP) is 2.61. The Bertz CT molecular complexity index is 219. The van der Waals surface area contributed by atoms with Crippen LogP contribution in [0.15, 0.2) is 37.1 Å². The molecule has 0 saturated carbocycles. The Morgan fingerprint density at radius 1 is 1.40 bits per heavy atom. The second-order valence-corrected chi connectivity index (χ2v) is 3.73. The van der Waals surface area contributed by atoms with Crippen LogP contribution in [0.5, 0.6) is 0 Å². The van der Waals surface area contributed by atoms with Crippen LogP contribution in [-0.4, -0.2) is 19.6 Å². The van der Waals surface area contributed by atoms with Gasteiger partial charge in [0.1, 0.15) is 0 Å². The van der Waals surface area contributed by atoms with Gasteiger partial charge in [-0.15, -0.1) is 6.58 Å². The van der Waals surface area contributed by atoms with E-state index in [9.17, 15) is 0 Å². The summed E-state index contributed by atoms with van der Waals surface area (Å²) in [4.78, 5) is 0. The first kappa shape index (κ1) is 14.0. The highest BCUT2D eigenvalue weighted by Gasteiger charge is 2.08. The monoisotopic (exact) mass is 208 g/mol. The van der Waals surface area contributed by atoms with Crippen LogP contribution < -0.4 is 10.6 Å². The second-order valence-electron chi connectivity index (χ2n) is 3.73. The van der Waals surface area contributed by atoms with Crippen LogP contribution in [0.3, 0.4) is 0 Å². The number of rotatable bonds is 9. The maximum atomic E-state index is 4.04. The molecule has 0 bridgehead atoms. The normalized spacial score (nSPS) is 11.9. The van der Waals surface area contributed by atoms with Gasteiger partial charge in [0.25, 0.3) is 0 Å². The average Bonchev–Trinajstić information content (AvgIpc) is 2.24. The Kier molecular flexibility index (Phi) is 7.74. The zero-order valence-corrected chi connectivity index (χ0v) is 10.1. The summed E-state index contributed by atoms with van der Waals surface area (Å²) in [5.41, 5.74) is 2.00. The van der Waals surface area contributed by atoms with E-state index in [2.05, 4.69) is 37.3 Å². The highest BCUT2D eigenvalue weighted by atomic mass is 14.9. The molecule has 0 aliphatic heterocycles. The molecule has 0 radical (unpaired) electrons. The fourth-order valence-corrected chi connectivity index (χ4v) is 1.44. The van der Waals surface area contributed by atoms with Crippen molar-refractivity contribution < 1.29 is 0 Å². The molecule has 0 aliphatic carbocycles. The zero-order chi connectivity index (χ0) is 11.7. The zero-order valence-electron chi connectivity index (χ0n) is 10.1. The fourth-order valence-electron chi connectivity index (χ4n) is 1.44. The Morgan fingerprint density at radius 3 is 2.53 bits per heavy atom. The molecule has 0 aliphatic rings. The summed E-state index contributed by atoms with van der Waals surface area (Å²) in [7, 11) is 1.99. The van der Waals surface area contributed by atoms with Crippen molar-refractivity contribution in [2.45, 2.75) is 32.2 Å². The van der Waals surface area contributed by atoms with Crippen LogP contribution in [0, 0.1) is 0 Å². The minimum absolute atomic E-state index is 0.504. The van der Waals surface area contributed by atoms with E-state index in [1.54, 1.807) is 0 Å². The number of allylic oxidation sites excluding steroid dienone is 1. The van der Waals surface area contributed by atoms with Crippen molar-refractivity contribution in [3.63, 3.8) is 0 Å². The van der Waals surface area contributed by atoms with E-state index >= 15 is 0 Å². The first-order valence-electron chi connectivity index (χ1n) is 5.54. The minimum atomic E-state index is 0.504. The summed E-state index contributed by atoms with van der Waals surface area (Å²) in [5, 5.41) is 6.46. The van der Waals surface area contributed by atoms with Gasteiger partial charge < -0.3 is 10.6 Å². The third kappa shape index (κ3) is 6.13. The van der Waals surface area contributed by atoms with Crippen molar-refractivity contribution in [2.24, 2.45) is 0 Å². The molecule has 2 heteroatoms. The van der Waals surface area contributed by atoms with Crippen LogP contribution in [0.2, 0.25) is 0 Å². The van der Waals surface area contributed by atoms with Gasteiger partial charge in [-0.1, -0.05) is 32.6 Å². The maximum absolute atomic E-state index is 4.04. The van der Waals surface area contributed by atoms with Gasteiger partial charge in [0.15, 0.2) is 0 Å². The van der Waals surface area contributed by atoms with E-state index in [0.717, 1.165) is 24.2 Å². The van der Waals surface area contributed by atoms with E-state index in [0.29, 0.717) is 6.04 Å². The largest absolute Gasteiger partial charge is 0.382 e. The standard InChI is InChI=1S/C13H24N2/c1-6-8-13(14-5)10-11(3)12(4)15-9-7-2/h7,13-15H,2-4,6,8-10H2,1,5H3. The topological polar surface area (TPSA) is 24.1 Å². The number of hydrogen-bond acceptors (Lipinski definition) is 2. The number of nitrogens with one attached hydrogen (secondary N) is 2. The second kappa shape index (κ2) is 8.30. The molecule has 0 heterocycles. The molecule has 0 saturated heterocycles. The molecule has 0 rings (SSSR count). The lowest BCUT2D eigenvalue weighted by atomic mass is 10.0. The van der Waals surface area contributed by atoms with Crippen molar-refractivity contribution in [3.8, 4) is 0 Å². The molecular weight excluding hydrogens is 184 g/mol. The van der Waals surface area contributed by atoms with Crippen molar-refractivity contribution in [3.05, 3.63) is 37.1 Å². The summed E-state index contributed by atoms with van der Waals surface area (Å²) >= 11 is 0. The lowest BCUT2D eigenvalue weighted by molar-refractivity contribution is 0.512. The van der Waals surface area contributed by atoms with Crippen molar-refractivity contribution in [1.29, 1.82) is 0 Å². The van der Waals surface area contributed by atoms with Gasteiger partial charge in [0.05, 0.1) is 0 Å². The fraction of sp³-hybridized carbons (Fsp3) is 0.538. The molecule has 0 fully saturated rings. The molecule has 1 unspecified atom stereocenters. The molecule has 2 N–H and O–H groups in total. The van der Waals surface area contributed by atoms with Gasteiger partial charge in [0, 0.05) is 18.3 Å². The summed E-state index contributed by atoms with van der Waals surface area (Å²) in [6, 6.07) is 0.504. The molecule has 0 aromatic carbocycles. The van der Waals surface area contributed by atoms with Crippen LogP contribution in [-0.2, 0) is 0 Å². The van der Waals surface area contributed by atoms with E-state index in [1.165, 1.54) is 12.8 Å². The van der Waals surface area contributed by atoms with Gasteiger partial charge in [-0.05, 0) is 25.5 Å². The smallest absolute Gasteiger partial charge is 0.0328 e. The van der Waals surface area contributed by atoms with Gasteiger partial charge >= 0.3 is 0 Å². The van der Waals surface area contributed by atoms with E-state index in [1.807, 2.05) is 13.1 Å². The predicted molar refractivity (Wildman–Crippen MR) is 68.9 cm³/mol. The van der Waals surface area contributed by atoms with Crippen LogP contribution in [0.4, 0.5) is 0 Å². The third-order valence-corrected chi connectivity index (χ3v) is 2.42. The molecular formula is C13H24N2. The van der Waals surface area contributed by atoms with Crippen LogP contribution >= 0.6 is 0 Å². The van der Waals surface area contributed by atoms with Gasteiger partial charge in [-0.3, -0.25) is 0 Å². The molecule has 0 spiro atoms. The molecule has 86 valence electrons. The Morgan fingerprint density at radius 2 is 2.07 bits per heavy atom. The third-order valence-electron chi connectivity index (χ3n) is 2.42. The molecule has 0 aromatic rings. The molecule has 0 aromatic heterocycles. The van der Waals surface area contributed by atoms with Gasteiger partial charge in [0.2, 0.25) is 0 Å². The van der Waals surface area contributed by atoms with Crippen LogP contribution in [0.1, 0.15) is 26.2 Å². The van der Waals surface area contributed by atoms with Gasteiger partial charge in [-0.2, -0.15) is 0 Å². The highest BCUT2D eigenvalue weighted by Crippen LogP contribution is 2.13. The summed E-state index contributed by atoms with van der Waals surface area (Å²) in [5.74, 6) is 0. The van der Waals surface area contributed by atoms with Crippen molar-refractivity contribution >= 4 is 0 Å². The molecule has 15 heavy (non-hydrogen) atoms. The quantitative estimate of drug-likeness (QED) is 0.449. The van der Waals surface area contributed by atoms with Crippen LogP contribution in [0.25, 0.3) is 0 Å². The van der Waals surface area contributed by atoms with Crippen molar-refractivity contribution in [1.82, 2.24) is 10.6 Å². The molecule has 1 atom stereocenters. The first-order chi connectivity index (χ1) is 7.15. The Hall–Kier alpha value is -1.02. The Labute approximate surface area is 94.1 Å². The molecule has 0 amide bonds. The summed E-state index contributed by atoms with van der Waals surface area (Å²) < 4.78 is 0. The highest BCUT2D eigenvalue weighted by molar-refractivity contribution is 5.24. The SMILES string of the molecule is C=CCNC(=C)C(=C)CC(CCC)NC. The van der Waals surface area contributed by atoms with Gasteiger partial charge in [-0.25, -0.2) is 0 Å². The lowest BCUT2D eigenvalue weighted by Crippen LogP contribution is -2.26. The maximum Gasteiger partial charge on any atom is 0.0328 e. The van der Waals surface area contributed by atoms with Crippen molar-refractivity contribution in [2.75, 3.05) is 13.6 Å². The van der Waals surface area contributed by atoms with E-state index < -0.39 is 0 Å².